The Morgan fingerprint density at radius 3 is 2.71 bits per heavy atom. The van der Waals surface area contributed by atoms with E-state index in [1.165, 1.54) is 0 Å². The lowest BCUT2D eigenvalue weighted by Crippen LogP contribution is -2.37. The first-order chi connectivity index (χ1) is 10.0. The van der Waals surface area contributed by atoms with Gasteiger partial charge in [0.15, 0.2) is 0 Å². The molecular weight excluding hydrogens is 282 g/mol. The first kappa shape index (κ1) is 15.4. The van der Waals surface area contributed by atoms with Crippen LogP contribution < -0.4 is 10.6 Å². The van der Waals surface area contributed by atoms with Crippen LogP contribution in [-0.2, 0) is 9.53 Å². The maximum atomic E-state index is 13.7. The summed E-state index contributed by atoms with van der Waals surface area (Å²) >= 11 is 0. The predicted molar refractivity (Wildman–Crippen MR) is 71.9 cm³/mol. The van der Waals surface area contributed by atoms with E-state index < -0.39 is 23.2 Å². The van der Waals surface area contributed by atoms with Gasteiger partial charge in [-0.05, 0) is 25.5 Å². The third kappa shape index (κ3) is 3.55. The van der Waals surface area contributed by atoms with Crippen molar-refractivity contribution < 1.29 is 23.1 Å². The first-order valence-electron chi connectivity index (χ1n) is 6.62. The molecule has 114 valence electrons. The number of benzene rings is 1. The Balaban J connectivity index is 2.18. The molecule has 21 heavy (non-hydrogen) atoms. The molecule has 1 aromatic rings. The van der Waals surface area contributed by atoms with Crippen LogP contribution in [0.25, 0.3) is 0 Å². The fourth-order valence-corrected chi connectivity index (χ4v) is 2.22. The van der Waals surface area contributed by atoms with Gasteiger partial charge in [0.25, 0.3) is 0 Å². The SMILES string of the molecule is COC(=O)c1cc(NC(=O)C2CCCNC2)c(F)cc1F. The van der Waals surface area contributed by atoms with Gasteiger partial charge in [-0.3, -0.25) is 4.79 Å². The summed E-state index contributed by atoms with van der Waals surface area (Å²) in [5.41, 5.74) is -0.650. The Morgan fingerprint density at radius 1 is 1.33 bits per heavy atom. The standard InChI is InChI=1S/C14H16F2N2O3/c1-21-14(20)9-5-12(11(16)6-10(9)15)18-13(19)8-3-2-4-17-7-8/h5-6,8,17H,2-4,7H2,1H3,(H,18,19). The number of methoxy groups -OCH3 is 1. The van der Waals surface area contributed by atoms with E-state index in [-0.39, 0.29) is 17.5 Å². The molecule has 1 aliphatic heterocycles. The largest absolute Gasteiger partial charge is 0.465 e. The van der Waals surface area contributed by atoms with Gasteiger partial charge >= 0.3 is 5.97 Å². The summed E-state index contributed by atoms with van der Waals surface area (Å²) in [6.07, 6.45) is 1.56. The van der Waals surface area contributed by atoms with E-state index in [0.717, 1.165) is 26.1 Å². The molecule has 1 saturated heterocycles. The number of carbonyl (C=O) groups excluding carboxylic acids is 2. The summed E-state index contributed by atoms with van der Waals surface area (Å²) in [6.45, 7) is 1.36. The summed E-state index contributed by atoms with van der Waals surface area (Å²) in [6, 6.07) is 1.51. The Kier molecular flexibility index (Phi) is 4.85. The second-order valence-corrected chi connectivity index (χ2v) is 4.84. The van der Waals surface area contributed by atoms with E-state index in [1.54, 1.807) is 0 Å². The van der Waals surface area contributed by atoms with Crippen LogP contribution in [0.15, 0.2) is 12.1 Å². The van der Waals surface area contributed by atoms with E-state index in [9.17, 15) is 18.4 Å². The van der Waals surface area contributed by atoms with Crippen LogP contribution in [0.4, 0.5) is 14.5 Å². The van der Waals surface area contributed by atoms with Gasteiger partial charge in [-0.15, -0.1) is 0 Å². The molecule has 1 amide bonds. The molecule has 0 spiro atoms. The van der Waals surface area contributed by atoms with Crippen molar-refractivity contribution >= 4 is 17.6 Å². The number of amides is 1. The van der Waals surface area contributed by atoms with Gasteiger partial charge in [0.1, 0.15) is 11.6 Å². The molecule has 1 unspecified atom stereocenters. The number of esters is 1. The lowest BCUT2D eigenvalue weighted by Gasteiger charge is -2.22. The quantitative estimate of drug-likeness (QED) is 0.833. The minimum atomic E-state index is -1.03. The fraction of sp³-hybridized carbons (Fsp3) is 0.429. The molecule has 1 aromatic carbocycles. The number of hydrogen-bond acceptors (Lipinski definition) is 4. The number of ether oxygens (including phenoxy) is 1. The van der Waals surface area contributed by atoms with Crippen molar-refractivity contribution in [3.8, 4) is 0 Å². The minimum Gasteiger partial charge on any atom is -0.465 e. The molecule has 0 aromatic heterocycles. The lowest BCUT2D eigenvalue weighted by atomic mass is 9.98. The second kappa shape index (κ2) is 6.62. The minimum absolute atomic E-state index is 0.229. The third-order valence-corrected chi connectivity index (χ3v) is 3.39. The van der Waals surface area contributed by atoms with E-state index in [1.807, 2.05) is 0 Å². The van der Waals surface area contributed by atoms with Gasteiger partial charge in [0, 0.05) is 12.6 Å². The van der Waals surface area contributed by atoms with Crippen molar-refractivity contribution in [2.45, 2.75) is 12.8 Å². The average Bonchev–Trinajstić information content (AvgIpc) is 2.50. The monoisotopic (exact) mass is 298 g/mol. The highest BCUT2D eigenvalue weighted by Gasteiger charge is 2.23. The molecule has 0 radical (unpaired) electrons. The number of rotatable bonds is 3. The summed E-state index contributed by atoms with van der Waals surface area (Å²) < 4.78 is 31.6. The topological polar surface area (TPSA) is 67.4 Å². The van der Waals surface area contributed by atoms with E-state index in [0.29, 0.717) is 19.0 Å². The lowest BCUT2D eigenvalue weighted by molar-refractivity contribution is -0.120. The van der Waals surface area contributed by atoms with Crippen molar-refractivity contribution in [2.75, 3.05) is 25.5 Å². The molecule has 2 N–H and O–H groups in total. The Morgan fingerprint density at radius 2 is 2.10 bits per heavy atom. The molecule has 0 saturated carbocycles. The van der Waals surface area contributed by atoms with Crippen molar-refractivity contribution in [1.82, 2.24) is 5.32 Å². The molecular formula is C14H16F2N2O3. The maximum absolute atomic E-state index is 13.7. The molecule has 7 heteroatoms. The van der Waals surface area contributed by atoms with E-state index in [4.69, 9.17) is 0 Å². The normalized spacial score (nSPS) is 18.1. The van der Waals surface area contributed by atoms with Crippen molar-refractivity contribution in [3.63, 3.8) is 0 Å². The number of halogens is 2. The summed E-state index contributed by atoms with van der Waals surface area (Å²) in [5, 5.41) is 5.47. The van der Waals surface area contributed by atoms with Gasteiger partial charge in [0.05, 0.1) is 24.3 Å². The highest BCUT2D eigenvalue weighted by Crippen LogP contribution is 2.22. The molecule has 1 atom stereocenters. The zero-order valence-electron chi connectivity index (χ0n) is 11.5. The van der Waals surface area contributed by atoms with Gasteiger partial charge in [-0.25, -0.2) is 13.6 Å². The van der Waals surface area contributed by atoms with Gasteiger partial charge in [-0.2, -0.15) is 0 Å². The first-order valence-corrected chi connectivity index (χ1v) is 6.62. The van der Waals surface area contributed by atoms with Gasteiger partial charge < -0.3 is 15.4 Å². The van der Waals surface area contributed by atoms with Crippen LogP contribution in [-0.4, -0.2) is 32.1 Å². The number of piperidine rings is 1. The smallest absolute Gasteiger partial charge is 0.340 e. The number of anilines is 1. The fourth-order valence-electron chi connectivity index (χ4n) is 2.22. The predicted octanol–water partition coefficient (Wildman–Crippen LogP) is 1.69. The van der Waals surface area contributed by atoms with E-state index in [2.05, 4.69) is 15.4 Å². The zero-order valence-corrected chi connectivity index (χ0v) is 11.5. The number of nitrogens with one attached hydrogen (secondary N) is 2. The van der Waals surface area contributed by atoms with Crippen LogP contribution in [0.2, 0.25) is 0 Å². The molecule has 5 nitrogen and oxygen atoms in total. The van der Waals surface area contributed by atoms with Gasteiger partial charge in [0.2, 0.25) is 5.91 Å². The van der Waals surface area contributed by atoms with Crippen molar-refractivity contribution in [1.29, 1.82) is 0 Å². The summed E-state index contributed by atoms with van der Waals surface area (Å²) in [4.78, 5) is 23.4. The Bertz CT molecular complexity index is 557. The Labute approximate surface area is 120 Å². The van der Waals surface area contributed by atoms with Crippen LogP contribution in [0.3, 0.4) is 0 Å². The van der Waals surface area contributed by atoms with Crippen LogP contribution >= 0.6 is 0 Å². The molecule has 2 rings (SSSR count). The molecule has 1 fully saturated rings. The molecule has 0 bridgehead atoms. The van der Waals surface area contributed by atoms with Crippen molar-refractivity contribution in [2.24, 2.45) is 5.92 Å². The average molecular weight is 298 g/mol. The number of hydrogen-bond donors (Lipinski definition) is 2. The maximum Gasteiger partial charge on any atom is 0.340 e. The van der Waals surface area contributed by atoms with Crippen LogP contribution in [0.5, 0.6) is 0 Å². The van der Waals surface area contributed by atoms with Crippen molar-refractivity contribution in [3.05, 3.63) is 29.3 Å². The van der Waals surface area contributed by atoms with Crippen LogP contribution in [0.1, 0.15) is 23.2 Å². The highest BCUT2D eigenvalue weighted by atomic mass is 19.1. The molecule has 1 heterocycles. The van der Waals surface area contributed by atoms with Gasteiger partial charge in [-0.1, -0.05) is 0 Å². The summed E-state index contributed by atoms with van der Waals surface area (Å²) in [5.74, 6) is -3.52. The second-order valence-electron chi connectivity index (χ2n) is 4.84. The Hall–Kier alpha value is -2.02. The van der Waals surface area contributed by atoms with E-state index >= 15 is 0 Å². The number of carbonyl (C=O) groups is 2. The third-order valence-electron chi connectivity index (χ3n) is 3.39. The molecule has 1 aliphatic rings. The summed E-state index contributed by atoms with van der Waals surface area (Å²) in [7, 11) is 1.09. The molecule has 0 aliphatic carbocycles. The highest BCUT2D eigenvalue weighted by molar-refractivity contribution is 5.95. The van der Waals surface area contributed by atoms with Crippen LogP contribution in [0, 0.1) is 17.6 Å². The zero-order chi connectivity index (χ0) is 15.4.